The summed E-state index contributed by atoms with van der Waals surface area (Å²) >= 11 is 4.96. The lowest BCUT2D eigenvalue weighted by molar-refractivity contribution is -0.118. The van der Waals surface area contributed by atoms with Gasteiger partial charge >= 0.3 is 0 Å². The largest absolute Gasteiger partial charge is 0.354 e. The third-order valence-electron chi connectivity index (χ3n) is 3.21. The maximum atomic E-state index is 11.8. The summed E-state index contributed by atoms with van der Waals surface area (Å²) in [6, 6.07) is 8.39. The van der Waals surface area contributed by atoms with Crippen LogP contribution in [0, 0.1) is 0 Å². The molecule has 1 amide bonds. The van der Waals surface area contributed by atoms with Crippen LogP contribution in [-0.4, -0.2) is 42.2 Å². The molecule has 0 aliphatic carbocycles. The van der Waals surface area contributed by atoms with Crippen molar-refractivity contribution in [2.75, 3.05) is 25.4 Å². The lowest BCUT2D eigenvalue weighted by Gasteiger charge is -2.26. The molecule has 1 rings (SSSR count). The van der Waals surface area contributed by atoms with Crippen molar-refractivity contribution < 1.29 is 4.79 Å². The highest BCUT2D eigenvalue weighted by molar-refractivity contribution is 9.10. The van der Waals surface area contributed by atoms with Crippen LogP contribution in [0.3, 0.4) is 0 Å². The first-order chi connectivity index (χ1) is 9.56. The maximum Gasteiger partial charge on any atom is 0.230 e. The van der Waals surface area contributed by atoms with E-state index >= 15 is 0 Å². The second-order valence-electron chi connectivity index (χ2n) is 4.62. The number of nitrogens with one attached hydrogen (secondary N) is 1. The summed E-state index contributed by atoms with van der Waals surface area (Å²) in [5, 5.41) is 3.00. The Morgan fingerprint density at radius 2 is 1.90 bits per heavy atom. The SMILES string of the molecule is CCN(CC)C(C)CNC(=O)CSc1ccc(Br)cc1. The Morgan fingerprint density at radius 3 is 2.45 bits per heavy atom. The lowest BCUT2D eigenvalue weighted by atomic mass is 10.3. The minimum absolute atomic E-state index is 0.0944. The second-order valence-corrected chi connectivity index (χ2v) is 6.58. The third-order valence-corrected chi connectivity index (χ3v) is 4.75. The fourth-order valence-electron chi connectivity index (χ4n) is 1.97. The van der Waals surface area contributed by atoms with Crippen molar-refractivity contribution in [3.05, 3.63) is 28.7 Å². The van der Waals surface area contributed by atoms with Crippen molar-refractivity contribution in [1.29, 1.82) is 0 Å². The summed E-state index contributed by atoms with van der Waals surface area (Å²) in [5.41, 5.74) is 0. The van der Waals surface area contributed by atoms with Gasteiger partial charge in [-0.2, -0.15) is 0 Å². The van der Waals surface area contributed by atoms with Crippen LogP contribution in [0.5, 0.6) is 0 Å². The molecule has 0 aliphatic rings. The van der Waals surface area contributed by atoms with E-state index in [1.807, 2.05) is 24.3 Å². The zero-order valence-electron chi connectivity index (χ0n) is 12.4. The van der Waals surface area contributed by atoms with E-state index in [4.69, 9.17) is 0 Å². The van der Waals surface area contributed by atoms with Crippen LogP contribution < -0.4 is 5.32 Å². The summed E-state index contributed by atoms with van der Waals surface area (Å²) in [4.78, 5) is 15.3. The molecule has 1 aromatic rings. The highest BCUT2D eigenvalue weighted by Gasteiger charge is 2.11. The van der Waals surface area contributed by atoms with E-state index in [9.17, 15) is 4.79 Å². The molecule has 0 aromatic heterocycles. The van der Waals surface area contributed by atoms with Crippen LogP contribution in [0.2, 0.25) is 0 Å². The Kier molecular flexibility index (Phi) is 8.26. The molecular weight excluding hydrogens is 336 g/mol. The zero-order chi connectivity index (χ0) is 15.0. The van der Waals surface area contributed by atoms with Gasteiger partial charge in [-0.3, -0.25) is 9.69 Å². The van der Waals surface area contributed by atoms with Crippen molar-refractivity contribution in [3.63, 3.8) is 0 Å². The number of thioether (sulfide) groups is 1. The van der Waals surface area contributed by atoms with Gasteiger partial charge in [-0.15, -0.1) is 11.8 Å². The molecular formula is C15H23BrN2OS. The van der Waals surface area contributed by atoms with Crippen LogP contribution in [0.15, 0.2) is 33.6 Å². The van der Waals surface area contributed by atoms with Gasteiger partial charge in [-0.05, 0) is 44.3 Å². The summed E-state index contributed by atoms with van der Waals surface area (Å²) in [6.07, 6.45) is 0. The van der Waals surface area contributed by atoms with Crippen molar-refractivity contribution in [1.82, 2.24) is 10.2 Å². The van der Waals surface area contributed by atoms with E-state index < -0.39 is 0 Å². The van der Waals surface area contributed by atoms with Gasteiger partial charge in [0, 0.05) is 22.0 Å². The number of carbonyl (C=O) groups excluding carboxylic acids is 1. The average Bonchev–Trinajstić information content (AvgIpc) is 2.45. The van der Waals surface area contributed by atoms with E-state index in [-0.39, 0.29) is 5.91 Å². The van der Waals surface area contributed by atoms with E-state index in [0.29, 0.717) is 18.3 Å². The number of benzene rings is 1. The van der Waals surface area contributed by atoms with Gasteiger partial charge in [-0.1, -0.05) is 29.8 Å². The fourth-order valence-corrected chi connectivity index (χ4v) is 2.96. The normalized spacial score (nSPS) is 12.4. The first-order valence-corrected chi connectivity index (χ1v) is 8.73. The Balaban J connectivity index is 2.28. The molecule has 0 heterocycles. The minimum atomic E-state index is 0.0944. The van der Waals surface area contributed by atoms with E-state index in [0.717, 1.165) is 22.5 Å². The van der Waals surface area contributed by atoms with Gasteiger partial charge < -0.3 is 5.32 Å². The summed E-state index contributed by atoms with van der Waals surface area (Å²) in [6.45, 7) is 9.18. The van der Waals surface area contributed by atoms with Gasteiger partial charge in [-0.25, -0.2) is 0 Å². The first kappa shape index (κ1) is 17.5. The third kappa shape index (κ3) is 6.29. The molecule has 0 radical (unpaired) electrons. The predicted molar refractivity (Wildman–Crippen MR) is 90.3 cm³/mol. The number of likely N-dealkylation sites (N-methyl/N-ethyl adjacent to an activating group) is 1. The van der Waals surface area contributed by atoms with E-state index in [2.05, 4.69) is 46.9 Å². The van der Waals surface area contributed by atoms with Crippen LogP contribution >= 0.6 is 27.7 Å². The number of nitrogens with zero attached hydrogens (tertiary/aromatic N) is 1. The number of halogens is 1. The highest BCUT2D eigenvalue weighted by atomic mass is 79.9. The van der Waals surface area contributed by atoms with Gasteiger partial charge in [0.05, 0.1) is 5.75 Å². The Bertz CT molecular complexity index is 407. The van der Waals surface area contributed by atoms with Crippen LogP contribution in [0.25, 0.3) is 0 Å². The molecule has 0 fully saturated rings. The molecule has 0 spiro atoms. The van der Waals surface area contributed by atoms with Gasteiger partial charge in [0.15, 0.2) is 0 Å². The van der Waals surface area contributed by atoms with Crippen molar-refractivity contribution in [2.24, 2.45) is 0 Å². The summed E-state index contributed by atoms with van der Waals surface area (Å²) in [5.74, 6) is 0.559. The predicted octanol–water partition coefficient (Wildman–Crippen LogP) is 3.39. The number of amides is 1. The second kappa shape index (κ2) is 9.42. The Hall–Kier alpha value is -0.520. The smallest absolute Gasteiger partial charge is 0.230 e. The molecule has 1 aromatic carbocycles. The maximum absolute atomic E-state index is 11.8. The topological polar surface area (TPSA) is 32.3 Å². The molecule has 1 unspecified atom stereocenters. The molecule has 5 heteroatoms. The minimum Gasteiger partial charge on any atom is -0.354 e. The molecule has 0 aliphatic heterocycles. The zero-order valence-corrected chi connectivity index (χ0v) is 14.8. The van der Waals surface area contributed by atoms with Crippen molar-refractivity contribution >= 4 is 33.6 Å². The van der Waals surface area contributed by atoms with E-state index in [1.54, 1.807) is 11.8 Å². The molecule has 20 heavy (non-hydrogen) atoms. The van der Waals surface area contributed by atoms with Crippen LogP contribution in [-0.2, 0) is 4.79 Å². The molecule has 1 N–H and O–H groups in total. The number of rotatable bonds is 8. The summed E-state index contributed by atoms with van der Waals surface area (Å²) in [7, 11) is 0. The van der Waals surface area contributed by atoms with Gasteiger partial charge in [0.1, 0.15) is 0 Å². The summed E-state index contributed by atoms with van der Waals surface area (Å²) < 4.78 is 1.05. The average molecular weight is 359 g/mol. The quantitative estimate of drug-likeness (QED) is 0.722. The van der Waals surface area contributed by atoms with Crippen molar-refractivity contribution in [3.8, 4) is 0 Å². The monoisotopic (exact) mass is 358 g/mol. The molecule has 0 saturated heterocycles. The van der Waals surface area contributed by atoms with Gasteiger partial charge in [0.25, 0.3) is 0 Å². The number of hydrogen-bond acceptors (Lipinski definition) is 3. The highest BCUT2D eigenvalue weighted by Crippen LogP contribution is 2.20. The molecule has 0 saturated carbocycles. The molecule has 0 bridgehead atoms. The van der Waals surface area contributed by atoms with Crippen molar-refractivity contribution in [2.45, 2.75) is 31.7 Å². The Labute approximate surface area is 134 Å². The first-order valence-electron chi connectivity index (χ1n) is 6.95. The number of hydrogen-bond donors (Lipinski definition) is 1. The molecule has 112 valence electrons. The molecule has 1 atom stereocenters. The van der Waals surface area contributed by atoms with E-state index in [1.165, 1.54) is 0 Å². The fraction of sp³-hybridized carbons (Fsp3) is 0.533. The number of carbonyl (C=O) groups is 1. The van der Waals surface area contributed by atoms with Gasteiger partial charge in [0.2, 0.25) is 5.91 Å². The lowest BCUT2D eigenvalue weighted by Crippen LogP contribution is -2.42. The molecule has 3 nitrogen and oxygen atoms in total. The standard InChI is InChI=1S/C15H23BrN2OS/c1-4-18(5-2)12(3)10-17-15(19)11-20-14-8-6-13(16)7-9-14/h6-9,12H,4-5,10-11H2,1-3H3,(H,17,19). The van der Waals surface area contributed by atoms with Crippen LogP contribution in [0.1, 0.15) is 20.8 Å². The van der Waals surface area contributed by atoms with Crippen LogP contribution in [0.4, 0.5) is 0 Å². The Morgan fingerprint density at radius 1 is 1.30 bits per heavy atom.